The van der Waals surface area contributed by atoms with Gasteiger partial charge >= 0.3 is 0 Å². The summed E-state index contributed by atoms with van der Waals surface area (Å²) in [4.78, 5) is 0. The highest BCUT2D eigenvalue weighted by atomic mass is 14.3. The first-order valence-electron chi connectivity index (χ1n) is 11.4. The van der Waals surface area contributed by atoms with Gasteiger partial charge in [-0.25, -0.2) is 0 Å². The second-order valence-corrected chi connectivity index (χ2v) is 7.78. The summed E-state index contributed by atoms with van der Waals surface area (Å²) in [5, 5.41) is 0. The second kappa shape index (κ2) is 14.8. The molecule has 0 aliphatic carbocycles. The lowest BCUT2D eigenvalue weighted by Gasteiger charge is -2.30. The van der Waals surface area contributed by atoms with E-state index in [0.29, 0.717) is 0 Å². The molecule has 0 bridgehead atoms. The van der Waals surface area contributed by atoms with Crippen LogP contribution in [0.25, 0.3) is 0 Å². The monoisotopic (exact) mass is 408 g/mol. The maximum absolute atomic E-state index is 4.35. The molecule has 1 rings (SSSR count). The molecule has 0 radical (unpaired) electrons. The molecule has 0 aliphatic heterocycles. The van der Waals surface area contributed by atoms with Gasteiger partial charge in [-0.1, -0.05) is 93.0 Å². The molecule has 0 spiro atoms. The van der Waals surface area contributed by atoms with Crippen molar-refractivity contribution in [3.63, 3.8) is 0 Å². The van der Waals surface area contributed by atoms with Crippen molar-refractivity contribution >= 4 is 0 Å². The van der Waals surface area contributed by atoms with Crippen LogP contribution >= 0.6 is 0 Å². The first kappa shape index (κ1) is 30.1. The molecule has 1 aromatic rings. The van der Waals surface area contributed by atoms with Crippen LogP contribution in [0.2, 0.25) is 0 Å². The maximum atomic E-state index is 4.35. The number of aryl methyl sites for hydroxylation is 2. The van der Waals surface area contributed by atoms with Crippen LogP contribution in [0.1, 0.15) is 98.8 Å². The highest BCUT2D eigenvalue weighted by Crippen LogP contribution is 2.43. The van der Waals surface area contributed by atoms with E-state index in [9.17, 15) is 0 Å². The molecule has 0 aliphatic rings. The molecule has 1 unspecified atom stereocenters. The highest BCUT2D eigenvalue weighted by Gasteiger charge is 2.26. The Balaban J connectivity index is 0. The predicted octanol–water partition coefficient (Wildman–Crippen LogP) is 10.2. The molecule has 1 atom stereocenters. The van der Waals surface area contributed by atoms with Crippen LogP contribution in [-0.4, -0.2) is 0 Å². The summed E-state index contributed by atoms with van der Waals surface area (Å²) >= 11 is 0. The summed E-state index contributed by atoms with van der Waals surface area (Å²) in [7, 11) is 0. The Hall–Kier alpha value is -2.08. The Kier molecular flexibility index (Phi) is 14.9. The van der Waals surface area contributed by atoms with Gasteiger partial charge in [0, 0.05) is 5.92 Å². The summed E-state index contributed by atoms with van der Waals surface area (Å²) in [6.07, 6.45) is 2.18. The zero-order valence-electron chi connectivity index (χ0n) is 22.3. The Morgan fingerprint density at radius 2 is 1.27 bits per heavy atom. The van der Waals surface area contributed by atoms with Gasteiger partial charge in [-0.2, -0.15) is 0 Å². The number of benzene rings is 1. The fraction of sp³-hybridized carbons (Fsp3) is 0.467. The van der Waals surface area contributed by atoms with Crippen molar-refractivity contribution in [1.29, 1.82) is 0 Å². The summed E-state index contributed by atoms with van der Waals surface area (Å²) in [6, 6.07) is 6.77. The van der Waals surface area contributed by atoms with Gasteiger partial charge in [-0.05, 0) is 90.2 Å². The normalized spacial score (nSPS) is 12.4. The number of hydrogen-bond acceptors (Lipinski definition) is 0. The van der Waals surface area contributed by atoms with Crippen molar-refractivity contribution in [2.24, 2.45) is 0 Å². The Morgan fingerprint density at radius 3 is 1.60 bits per heavy atom. The molecule has 0 N–H and O–H groups in total. The maximum Gasteiger partial charge on any atom is 0.0349 e. The number of hydrogen-bond donors (Lipinski definition) is 0. The van der Waals surface area contributed by atoms with Crippen molar-refractivity contribution in [3.8, 4) is 0 Å². The van der Waals surface area contributed by atoms with Gasteiger partial charge in [0.2, 0.25) is 0 Å². The minimum absolute atomic E-state index is 0.158. The van der Waals surface area contributed by atoms with E-state index < -0.39 is 0 Å². The van der Waals surface area contributed by atoms with E-state index in [-0.39, 0.29) is 5.92 Å². The SMILES string of the molecule is C=C(C)C(=C(C)C)C(/C(C(=C)C)=C(C)/C(C)=C\C)c1ccc(C)cc1C.CC.CC. The fourth-order valence-electron chi connectivity index (χ4n) is 3.78. The van der Waals surface area contributed by atoms with E-state index in [1.165, 1.54) is 44.6 Å². The molecule has 0 heteroatoms. The van der Waals surface area contributed by atoms with Crippen molar-refractivity contribution in [3.05, 3.63) is 93.1 Å². The fourth-order valence-corrected chi connectivity index (χ4v) is 3.78. The van der Waals surface area contributed by atoms with E-state index in [2.05, 4.69) is 99.7 Å². The van der Waals surface area contributed by atoms with Gasteiger partial charge in [0.25, 0.3) is 0 Å². The molecule has 0 saturated carbocycles. The summed E-state index contributed by atoms with van der Waals surface area (Å²) in [6.45, 7) is 36.1. The van der Waals surface area contributed by atoms with E-state index in [1.54, 1.807) is 0 Å². The van der Waals surface area contributed by atoms with Crippen LogP contribution in [0.3, 0.4) is 0 Å². The molecule has 168 valence electrons. The average Bonchev–Trinajstić information content (AvgIpc) is 2.69. The topological polar surface area (TPSA) is 0 Å². The van der Waals surface area contributed by atoms with Crippen molar-refractivity contribution in [2.75, 3.05) is 0 Å². The van der Waals surface area contributed by atoms with E-state index in [4.69, 9.17) is 0 Å². The minimum atomic E-state index is 0.158. The zero-order chi connectivity index (χ0) is 24.2. The van der Waals surface area contributed by atoms with Crippen LogP contribution in [0.4, 0.5) is 0 Å². The van der Waals surface area contributed by atoms with Gasteiger partial charge in [0.15, 0.2) is 0 Å². The van der Waals surface area contributed by atoms with Gasteiger partial charge in [0.05, 0.1) is 0 Å². The molecular formula is C30H48. The van der Waals surface area contributed by atoms with Crippen LogP contribution in [0, 0.1) is 13.8 Å². The van der Waals surface area contributed by atoms with E-state index in [0.717, 1.165) is 11.1 Å². The molecule has 0 amide bonds. The second-order valence-electron chi connectivity index (χ2n) is 7.78. The lowest BCUT2D eigenvalue weighted by atomic mass is 9.74. The van der Waals surface area contributed by atoms with Crippen LogP contribution in [0.15, 0.2) is 76.4 Å². The highest BCUT2D eigenvalue weighted by molar-refractivity contribution is 5.58. The third-order valence-electron chi connectivity index (χ3n) is 5.20. The van der Waals surface area contributed by atoms with Crippen LogP contribution < -0.4 is 0 Å². The number of rotatable bonds is 6. The largest absolute Gasteiger partial charge is 0.0958 e. The molecule has 0 fully saturated rings. The lowest BCUT2D eigenvalue weighted by Crippen LogP contribution is -2.13. The average molecular weight is 409 g/mol. The van der Waals surface area contributed by atoms with Crippen molar-refractivity contribution in [2.45, 2.75) is 95.9 Å². The third-order valence-corrected chi connectivity index (χ3v) is 5.20. The summed E-state index contributed by atoms with van der Waals surface area (Å²) in [5.41, 5.74) is 12.8. The molecular weight excluding hydrogens is 360 g/mol. The third kappa shape index (κ3) is 7.98. The molecule has 0 heterocycles. The summed E-state index contributed by atoms with van der Waals surface area (Å²) in [5.74, 6) is 0.158. The van der Waals surface area contributed by atoms with Crippen LogP contribution in [-0.2, 0) is 0 Å². The first-order valence-corrected chi connectivity index (χ1v) is 11.4. The molecule has 0 nitrogen and oxygen atoms in total. The lowest BCUT2D eigenvalue weighted by molar-refractivity contribution is 0.890. The Labute approximate surface area is 189 Å². The van der Waals surface area contributed by atoms with Gasteiger partial charge in [-0.3, -0.25) is 0 Å². The van der Waals surface area contributed by atoms with Crippen molar-refractivity contribution < 1.29 is 0 Å². The predicted molar refractivity (Wildman–Crippen MR) is 141 cm³/mol. The Bertz CT molecular complexity index is 802. The minimum Gasteiger partial charge on any atom is -0.0958 e. The quantitative estimate of drug-likeness (QED) is 0.411. The standard InChI is InChI=1S/C26H36.2C2H6/c1-12-20(9)22(11)25(18(6)7)26(24(16(2)3)17(4)5)23-14-13-19(8)15-21(23)10;2*1-2/h12-15,26H,2,6H2,1,3-5,7-11H3;2*1-2H3/b20-12-,25-22+;;. The zero-order valence-corrected chi connectivity index (χ0v) is 22.3. The molecule has 0 saturated heterocycles. The molecule has 30 heavy (non-hydrogen) atoms. The van der Waals surface area contributed by atoms with Crippen LogP contribution in [0.5, 0.6) is 0 Å². The molecule has 1 aromatic carbocycles. The smallest absolute Gasteiger partial charge is 0.0349 e. The summed E-state index contributed by atoms with van der Waals surface area (Å²) < 4.78 is 0. The van der Waals surface area contributed by atoms with Gasteiger partial charge in [0.1, 0.15) is 0 Å². The Morgan fingerprint density at radius 1 is 0.800 bits per heavy atom. The van der Waals surface area contributed by atoms with Gasteiger partial charge in [-0.15, -0.1) is 0 Å². The molecule has 0 aromatic heterocycles. The first-order chi connectivity index (χ1) is 14.0. The van der Waals surface area contributed by atoms with Gasteiger partial charge < -0.3 is 0 Å². The van der Waals surface area contributed by atoms with Crippen molar-refractivity contribution in [1.82, 2.24) is 0 Å². The van der Waals surface area contributed by atoms with E-state index in [1.807, 2.05) is 27.7 Å². The van der Waals surface area contributed by atoms with E-state index >= 15 is 0 Å². The number of allylic oxidation sites excluding steroid dienone is 8.